The molecule has 3 heteroatoms. The van der Waals surface area contributed by atoms with Gasteiger partial charge in [-0.1, -0.05) is 103 Å². The molecule has 0 radical (unpaired) electrons. The van der Waals surface area contributed by atoms with Crippen LogP contribution in [0.4, 0.5) is 17.1 Å². The minimum atomic E-state index is 0.914. The van der Waals surface area contributed by atoms with Crippen molar-refractivity contribution in [3.8, 4) is 16.8 Å². The molecule has 230 valence electrons. The lowest BCUT2D eigenvalue weighted by molar-refractivity contribution is 0.672. The van der Waals surface area contributed by atoms with E-state index in [0.717, 1.165) is 55.5 Å². The number of aromatic nitrogens is 1. The van der Waals surface area contributed by atoms with E-state index in [1.165, 1.54) is 32.9 Å². The van der Waals surface area contributed by atoms with Gasteiger partial charge in [-0.2, -0.15) is 0 Å². The summed E-state index contributed by atoms with van der Waals surface area (Å²) in [5, 5.41) is 7.06. The molecule has 8 aromatic carbocycles. The molecule has 2 heterocycles. The Morgan fingerprint density at radius 2 is 0.939 bits per heavy atom. The van der Waals surface area contributed by atoms with Gasteiger partial charge in [0.15, 0.2) is 0 Å². The van der Waals surface area contributed by atoms with E-state index in [0.29, 0.717) is 0 Å². The fraction of sp³-hybridized carbons (Fsp3) is 0. The fourth-order valence-electron chi connectivity index (χ4n) is 7.47. The lowest BCUT2D eigenvalue weighted by Gasteiger charge is -2.26. The third-order valence-corrected chi connectivity index (χ3v) is 9.78. The highest BCUT2D eigenvalue weighted by atomic mass is 16.3. The first kappa shape index (κ1) is 27.5. The van der Waals surface area contributed by atoms with Gasteiger partial charge in [0.1, 0.15) is 11.2 Å². The van der Waals surface area contributed by atoms with E-state index in [1.54, 1.807) is 0 Å². The van der Waals surface area contributed by atoms with Crippen LogP contribution < -0.4 is 4.90 Å². The molecular weight excluding hydrogens is 597 g/mol. The molecule has 49 heavy (non-hydrogen) atoms. The topological polar surface area (TPSA) is 21.3 Å². The number of hydrogen-bond donors (Lipinski definition) is 0. The summed E-state index contributed by atoms with van der Waals surface area (Å²) in [6.45, 7) is 0. The van der Waals surface area contributed by atoms with Crippen molar-refractivity contribution in [1.82, 2.24) is 4.57 Å². The highest BCUT2D eigenvalue weighted by Gasteiger charge is 2.17. The number of furan rings is 1. The predicted octanol–water partition coefficient (Wildman–Crippen LogP) is 13.0. The Kier molecular flexibility index (Phi) is 6.18. The maximum Gasteiger partial charge on any atom is 0.143 e. The zero-order valence-electron chi connectivity index (χ0n) is 26.6. The summed E-state index contributed by atoms with van der Waals surface area (Å²) in [5.74, 6) is 0. The minimum Gasteiger partial charge on any atom is -0.455 e. The van der Waals surface area contributed by atoms with Gasteiger partial charge in [0.2, 0.25) is 0 Å². The summed E-state index contributed by atoms with van der Waals surface area (Å²) in [6, 6.07) is 65.0. The standard InChI is InChI=1S/C46H30N2O/c1-2-10-31(11-3-1)32-18-21-34(22-19-32)47(37-27-29-38-33(30-37)20-28-42-41-14-6-9-17-45(41)49-46(38)42)35-23-25-36(26-24-35)48-43-15-7-4-12-39(43)40-13-5-8-16-44(40)48/h1-30H. The Hall–Kier alpha value is -6.58. The van der Waals surface area contributed by atoms with E-state index in [1.807, 2.05) is 12.1 Å². The molecule has 0 unspecified atom stereocenters. The third kappa shape index (κ3) is 4.44. The van der Waals surface area contributed by atoms with Gasteiger partial charge in [-0.3, -0.25) is 0 Å². The van der Waals surface area contributed by atoms with Gasteiger partial charge in [0, 0.05) is 49.7 Å². The Labute approximate surface area is 283 Å². The molecule has 0 fully saturated rings. The maximum atomic E-state index is 6.38. The fourth-order valence-corrected chi connectivity index (χ4v) is 7.47. The molecule has 0 aliphatic carbocycles. The molecule has 10 rings (SSSR count). The Balaban J connectivity index is 1.12. The molecule has 0 saturated carbocycles. The minimum absolute atomic E-state index is 0.914. The van der Waals surface area contributed by atoms with E-state index in [-0.39, 0.29) is 0 Å². The molecule has 3 nitrogen and oxygen atoms in total. The smallest absolute Gasteiger partial charge is 0.143 e. The van der Waals surface area contributed by atoms with Crippen molar-refractivity contribution >= 4 is 71.6 Å². The summed E-state index contributed by atoms with van der Waals surface area (Å²) in [6.07, 6.45) is 0. The zero-order chi connectivity index (χ0) is 32.3. The number of fused-ring (bicyclic) bond motifs is 8. The van der Waals surface area contributed by atoms with Crippen LogP contribution >= 0.6 is 0 Å². The van der Waals surface area contributed by atoms with Crippen LogP contribution in [0.1, 0.15) is 0 Å². The van der Waals surface area contributed by atoms with Gasteiger partial charge in [-0.25, -0.2) is 0 Å². The summed E-state index contributed by atoms with van der Waals surface area (Å²) >= 11 is 0. The number of nitrogens with zero attached hydrogens (tertiary/aromatic N) is 2. The molecular formula is C46H30N2O. The highest BCUT2D eigenvalue weighted by Crippen LogP contribution is 2.41. The molecule has 0 spiro atoms. The van der Waals surface area contributed by atoms with E-state index >= 15 is 0 Å². The van der Waals surface area contributed by atoms with Crippen molar-refractivity contribution in [3.05, 3.63) is 182 Å². The van der Waals surface area contributed by atoms with E-state index in [9.17, 15) is 0 Å². The average molecular weight is 627 g/mol. The summed E-state index contributed by atoms with van der Waals surface area (Å²) in [5.41, 5.74) is 11.0. The van der Waals surface area contributed by atoms with Gasteiger partial charge in [-0.05, 0) is 95.4 Å². The van der Waals surface area contributed by atoms with Crippen LogP contribution in [0.25, 0.3) is 71.3 Å². The SMILES string of the molecule is c1ccc(-c2ccc(N(c3ccc(-n4c5ccccc5c5ccccc54)cc3)c3ccc4c(ccc5c6ccccc6oc45)c3)cc2)cc1. The lowest BCUT2D eigenvalue weighted by atomic mass is 10.0. The first-order valence-corrected chi connectivity index (χ1v) is 16.7. The van der Waals surface area contributed by atoms with Crippen LogP contribution in [0.5, 0.6) is 0 Å². The predicted molar refractivity (Wildman–Crippen MR) is 206 cm³/mol. The van der Waals surface area contributed by atoms with Gasteiger partial charge < -0.3 is 13.9 Å². The Morgan fingerprint density at radius 3 is 1.65 bits per heavy atom. The third-order valence-electron chi connectivity index (χ3n) is 9.78. The van der Waals surface area contributed by atoms with Crippen molar-refractivity contribution in [2.75, 3.05) is 4.90 Å². The molecule has 0 N–H and O–H groups in total. The summed E-state index contributed by atoms with van der Waals surface area (Å²) in [4.78, 5) is 2.34. The number of anilines is 3. The molecule has 0 saturated heterocycles. The van der Waals surface area contributed by atoms with Crippen molar-refractivity contribution in [2.24, 2.45) is 0 Å². The van der Waals surface area contributed by atoms with Crippen molar-refractivity contribution in [2.45, 2.75) is 0 Å². The normalized spacial score (nSPS) is 11.7. The molecule has 0 aliphatic heterocycles. The monoisotopic (exact) mass is 626 g/mol. The average Bonchev–Trinajstić information content (AvgIpc) is 3.72. The molecule has 10 aromatic rings. The summed E-state index contributed by atoms with van der Waals surface area (Å²) < 4.78 is 8.75. The van der Waals surface area contributed by atoms with E-state index < -0.39 is 0 Å². The molecule has 0 aliphatic rings. The van der Waals surface area contributed by atoms with E-state index in [4.69, 9.17) is 4.42 Å². The Morgan fingerprint density at radius 1 is 0.388 bits per heavy atom. The van der Waals surface area contributed by atoms with Crippen LogP contribution in [0, 0.1) is 0 Å². The zero-order valence-corrected chi connectivity index (χ0v) is 26.6. The first-order chi connectivity index (χ1) is 24.3. The van der Waals surface area contributed by atoms with E-state index in [2.05, 4.69) is 179 Å². The van der Waals surface area contributed by atoms with Gasteiger partial charge in [0.05, 0.1) is 11.0 Å². The highest BCUT2D eigenvalue weighted by molar-refractivity contribution is 6.15. The Bertz CT molecular complexity index is 2750. The van der Waals surface area contributed by atoms with Gasteiger partial charge >= 0.3 is 0 Å². The first-order valence-electron chi connectivity index (χ1n) is 16.7. The van der Waals surface area contributed by atoms with Crippen molar-refractivity contribution < 1.29 is 4.42 Å². The van der Waals surface area contributed by atoms with Crippen molar-refractivity contribution in [3.63, 3.8) is 0 Å². The second-order valence-corrected chi connectivity index (χ2v) is 12.6. The van der Waals surface area contributed by atoms with Gasteiger partial charge in [0.25, 0.3) is 0 Å². The quantitative estimate of drug-likeness (QED) is 0.190. The van der Waals surface area contributed by atoms with Crippen LogP contribution in [0.15, 0.2) is 186 Å². The van der Waals surface area contributed by atoms with Crippen LogP contribution in [-0.2, 0) is 0 Å². The number of benzene rings is 8. The second-order valence-electron chi connectivity index (χ2n) is 12.6. The lowest BCUT2D eigenvalue weighted by Crippen LogP contribution is -2.10. The van der Waals surface area contributed by atoms with Crippen LogP contribution in [0.2, 0.25) is 0 Å². The van der Waals surface area contributed by atoms with Crippen molar-refractivity contribution in [1.29, 1.82) is 0 Å². The molecule has 0 amide bonds. The number of hydrogen-bond acceptors (Lipinski definition) is 2. The molecule has 0 bridgehead atoms. The number of rotatable bonds is 5. The molecule has 2 aromatic heterocycles. The second kappa shape index (κ2) is 11.0. The molecule has 0 atom stereocenters. The largest absolute Gasteiger partial charge is 0.455 e. The maximum absolute atomic E-state index is 6.38. The number of para-hydroxylation sites is 3. The van der Waals surface area contributed by atoms with Gasteiger partial charge in [-0.15, -0.1) is 0 Å². The van der Waals surface area contributed by atoms with Crippen LogP contribution in [-0.4, -0.2) is 4.57 Å². The van der Waals surface area contributed by atoms with Crippen LogP contribution in [0.3, 0.4) is 0 Å². The summed E-state index contributed by atoms with van der Waals surface area (Å²) in [7, 11) is 0.